The molecule has 2 aromatic heterocycles. The van der Waals surface area contributed by atoms with Crippen molar-refractivity contribution in [3.05, 3.63) is 66.4 Å². The number of rotatable bonds is 5. The van der Waals surface area contributed by atoms with Gasteiger partial charge in [-0.1, -0.05) is 30.3 Å². The molecule has 25 heavy (non-hydrogen) atoms. The lowest BCUT2D eigenvalue weighted by molar-refractivity contribution is -0.129. The molecule has 1 unspecified atom stereocenters. The van der Waals surface area contributed by atoms with E-state index >= 15 is 0 Å². The topological polar surface area (TPSA) is 62.5 Å². The number of hydrogen-bond acceptors (Lipinski definition) is 4. The second-order valence-electron chi connectivity index (χ2n) is 6.42. The summed E-state index contributed by atoms with van der Waals surface area (Å²) in [6.07, 6.45) is 8.77. The van der Waals surface area contributed by atoms with Gasteiger partial charge < -0.3 is 10.2 Å². The van der Waals surface area contributed by atoms with Crippen LogP contribution in [0.2, 0.25) is 0 Å². The van der Waals surface area contributed by atoms with Crippen LogP contribution in [0.3, 0.4) is 0 Å². The van der Waals surface area contributed by atoms with Crippen LogP contribution in [-0.2, 0) is 17.8 Å². The summed E-state index contributed by atoms with van der Waals surface area (Å²) in [6.45, 7) is 2.32. The van der Waals surface area contributed by atoms with E-state index in [-0.39, 0.29) is 5.91 Å². The first-order valence-corrected chi connectivity index (χ1v) is 8.60. The van der Waals surface area contributed by atoms with Crippen LogP contribution in [0, 0.1) is 0 Å². The smallest absolute Gasteiger partial charge is 0.227 e. The molecule has 0 saturated carbocycles. The van der Waals surface area contributed by atoms with Crippen LogP contribution in [0.5, 0.6) is 0 Å². The van der Waals surface area contributed by atoms with E-state index in [1.54, 1.807) is 12.4 Å². The van der Waals surface area contributed by atoms with Gasteiger partial charge in [0.25, 0.3) is 0 Å². The Labute approximate surface area is 146 Å². The third-order valence-corrected chi connectivity index (χ3v) is 4.70. The summed E-state index contributed by atoms with van der Waals surface area (Å²) in [5.41, 5.74) is 3.03. The molecule has 1 fully saturated rings. The molecule has 4 rings (SSSR count). The fourth-order valence-corrected chi connectivity index (χ4v) is 3.31. The van der Waals surface area contributed by atoms with Gasteiger partial charge in [0.05, 0.1) is 24.5 Å². The normalized spacial score (nSPS) is 17.3. The molecule has 1 atom stereocenters. The molecule has 6 heteroatoms. The zero-order valence-corrected chi connectivity index (χ0v) is 14.0. The van der Waals surface area contributed by atoms with E-state index in [1.165, 1.54) is 0 Å². The van der Waals surface area contributed by atoms with Crippen molar-refractivity contribution in [3.8, 4) is 0 Å². The Bertz CT molecular complexity index is 860. The van der Waals surface area contributed by atoms with Gasteiger partial charge in [0.1, 0.15) is 0 Å². The largest absolute Gasteiger partial charge is 0.341 e. The molecule has 1 aliphatic rings. The summed E-state index contributed by atoms with van der Waals surface area (Å²) in [7, 11) is 0. The lowest BCUT2D eigenvalue weighted by Gasteiger charge is -2.17. The molecule has 1 aliphatic heterocycles. The Kier molecular flexibility index (Phi) is 4.43. The first kappa shape index (κ1) is 15.8. The SMILES string of the molecule is O=C(Cc1ccccc1)N1CCC(NCc2cnc3cnccn23)C1. The highest BCUT2D eigenvalue weighted by Gasteiger charge is 2.25. The first-order valence-electron chi connectivity index (χ1n) is 8.60. The number of carbonyl (C=O) groups is 1. The molecule has 3 heterocycles. The van der Waals surface area contributed by atoms with Gasteiger partial charge in [0, 0.05) is 38.1 Å². The van der Waals surface area contributed by atoms with E-state index in [2.05, 4.69) is 15.3 Å². The van der Waals surface area contributed by atoms with Crippen molar-refractivity contribution in [2.24, 2.45) is 0 Å². The predicted octanol–water partition coefficient (Wildman–Crippen LogP) is 1.66. The predicted molar refractivity (Wildman–Crippen MR) is 95.0 cm³/mol. The second kappa shape index (κ2) is 7.03. The van der Waals surface area contributed by atoms with Crippen LogP contribution in [0.25, 0.3) is 5.65 Å². The van der Waals surface area contributed by atoms with E-state index < -0.39 is 0 Å². The second-order valence-corrected chi connectivity index (χ2v) is 6.42. The third kappa shape index (κ3) is 3.53. The number of aromatic nitrogens is 3. The summed E-state index contributed by atoms with van der Waals surface area (Å²) in [6, 6.07) is 10.3. The van der Waals surface area contributed by atoms with Crippen molar-refractivity contribution in [2.75, 3.05) is 13.1 Å². The Morgan fingerprint density at radius 3 is 3.00 bits per heavy atom. The van der Waals surface area contributed by atoms with Crippen LogP contribution in [0.15, 0.2) is 55.1 Å². The molecule has 1 aromatic carbocycles. The average Bonchev–Trinajstić information content (AvgIpc) is 3.28. The van der Waals surface area contributed by atoms with E-state index in [9.17, 15) is 4.79 Å². The zero-order chi connectivity index (χ0) is 17.1. The highest BCUT2D eigenvalue weighted by molar-refractivity contribution is 5.79. The molecule has 0 spiro atoms. The zero-order valence-electron chi connectivity index (χ0n) is 14.0. The van der Waals surface area contributed by atoms with Crippen molar-refractivity contribution in [1.29, 1.82) is 0 Å². The Morgan fingerprint density at radius 1 is 1.24 bits per heavy atom. The molecule has 1 saturated heterocycles. The summed E-state index contributed by atoms with van der Waals surface area (Å²) in [5, 5.41) is 3.55. The Balaban J connectivity index is 1.31. The molecular weight excluding hydrogens is 314 g/mol. The number of fused-ring (bicyclic) bond motifs is 1. The number of hydrogen-bond donors (Lipinski definition) is 1. The highest BCUT2D eigenvalue weighted by Crippen LogP contribution is 2.13. The van der Waals surface area contributed by atoms with Gasteiger partial charge in [0.2, 0.25) is 5.91 Å². The van der Waals surface area contributed by atoms with Crippen LogP contribution in [0.4, 0.5) is 0 Å². The van der Waals surface area contributed by atoms with Crippen LogP contribution in [0.1, 0.15) is 17.7 Å². The molecule has 0 radical (unpaired) electrons. The maximum absolute atomic E-state index is 12.4. The van der Waals surface area contributed by atoms with E-state index in [0.717, 1.165) is 43.0 Å². The minimum absolute atomic E-state index is 0.205. The molecule has 1 N–H and O–H groups in total. The maximum Gasteiger partial charge on any atom is 0.227 e. The Hall–Kier alpha value is -2.73. The van der Waals surface area contributed by atoms with Crippen molar-refractivity contribution in [3.63, 3.8) is 0 Å². The number of imidazole rings is 1. The van der Waals surface area contributed by atoms with Crippen molar-refractivity contribution < 1.29 is 4.79 Å². The van der Waals surface area contributed by atoms with Gasteiger partial charge in [0.15, 0.2) is 5.65 Å². The number of amides is 1. The van der Waals surface area contributed by atoms with Gasteiger partial charge >= 0.3 is 0 Å². The van der Waals surface area contributed by atoms with E-state index in [0.29, 0.717) is 12.5 Å². The number of carbonyl (C=O) groups excluding carboxylic acids is 1. The van der Waals surface area contributed by atoms with Gasteiger partial charge in [-0.2, -0.15) is 0 Å². The monoisotopic (exact) mass is 335 g/mol. The third-order valence-electron chi connectivity index (χ3n) is 4.70. The number of benzene rings is 1. The molecular formula is C19H21N5O. The summed E-state index contributed by atoms with van der Waals surface area (Å²) in [4.78, 5) is 22.8. The fraction of sp³-hybridized carbons (Fsp3) is 0.316. The summed E-state index contributed by atoms with van der Waals surface area (Å²) in [5.74, 6) is 0.205. The first-order chi connectivity index (χ1) is 12.3. The number of nitrogens with zero attached hydrogens (tertiary/aromatic N) is 4. The molecule has 0 aliphatic carbocycles. The lowest BCUT2D eigenvalue weighted by Crippen LogP contribution is -2.35. The molecule has 1 amide bonds. The molecule has 6 nitrogen and oxygen atoms in total. The molecule has 0 bridgehead atoms. The van der Waals surface area contributed by atoms with Gasteiger partial charge in [-0.3, -0.25) is 14.2 Å². The maximum atomic E-state index is 12.4. The number of likely N-dealkylation sites (tertiary alicyclic amines) is 1. The van der Waals surface area contributed by atoms with E-state index in [1.807, 2.05) is 52.0 Å². The molecule has 3 aromatic rings. The van der Waals surface area contributed by atoms with Crippen molar-refractivity contribution in [1.82, 2.24) is 24.6 Å². The van der Waals surface area contributed by atoms with Gasteiger partial charge in [-0.15, -0.1) is 0 Å². The van der Waals surface area contributed by atoms with Gasteiger partial charge in [-0.05, 0) is 12.0 Å². The standard InChI is InChI=1S/C19H21N5O/c25-19(10-15-4-2-1-3-5-15)23-8-6-16(14-23)21-11-17-12-22-18-13-20-7-9-24(17)18/h1-5,7,9,12-13,16,21H,6,8,10-11,14H2. The van der Waals surface area contributed by atoms with Crippen LogP contribution < -0.4 is 5.32 Å². The van der Waals surface area contributed by atoms with Crippen molar-refractivity contribution in [2.45, 2.75) is 25.4 Å². The van der Waals surface area contributed by atoms with Gasteiger partial charge in [-0.25, -0.2) is 4.98 Å². The van der Waals surface area contributed by atoms with Crippen LogP contribution in [-0.4, -0.2) is 44.3 Å². The van der Waals surface area contributed by atoms with Crippen LogP contribution >= 0.6 is 0 Å². The number of nitrogens with one attached hydrogen (secondary N) is 1. The van der Waals surface area contributed by atoms with Crippen molar-refractivity contribution >= 4 is 11.6 Å². The lowest BCUT2D eigenvalue weighted by atomic mass is 10.1. The Morgan fingerprint density at radius 2 is 2.12 bits per heavy atom. The summed E-state index contributed by atoms with van der Waals surface area (Å²) >= 11 is 0. The quantitative estimate of drug-likeness (QED) is 0.770. The highest BCUT2D eigenvalue weighted by atomic mass is 16.2. The minimum Gasteiger partial charge on any atom is -0.341 e. The average molecular weight is 335 g/mol. The fourth-order valence-electron chi connectivity index (χ4n) is 3.31. The summed E-state index contributed by atoms with van der Waals surface area (Å²) < 4.78 is 2.03. The molecule has 128 valence electrons. The van der Waals surface area contributed by atoms with E-state index in [4.69, 9.17) is 0 Å². The minimum atomic E-state index is 0.205.